The summed E-state index contributed by atoms with van der Waals surface area (Å²) in [7, 11) is 1.74. The normalized spacial score (nSPS) is 12.2. The molecule has 3 N–H and O–H groups in total. The molecule has 0 aliphatic heterocycles. The van der Waals surface area contributed by atoms with Gasteiger partial charge in [-0.3, -0.25) is 9.48 Å². The summed E-state index contributed by atoms with van der Waals surface area (Å²) in [5, 5.41) is 7.24. The Balaban J connectivity index is 2.18. The Hall–Kier alpha value is -2.30. The highest BCUT2D eigenvalue weighted by atomic mass is 16.2. The molecule has 2 aromatic rings. The van der Waals surface area contributed by atoms with Crippen molar-refractivity contribution in [2.45, 2.75) is 33.2 Å². The lowest BCUT2D eigenvalue weighted by Gasteiger charge is -2.15. The molecule has 1 amide bonds. The summed E-state index contributed by atoms with van der Waals surface area (Å²) in [6, 6.07) is 8.02. The number of aryl methyl sites for hydroxylation is 3. The lowest BCUT2D eigenvalue weighted by molar-refractivity contribution is 0.0931. The first-order chi connectivity index (χ1) is 9.93. The molecular formula is C16H22N4O. The van der Waals surface area contributed by atoms with Crippen LogP contribution in [0.25, 0.3) is 0 Å². The number of nitrogens with one attached hydrogen (secondary N) is 1. The van der Waals surface area contributed by atoms with E-state index in [1.54, 1.807) is 11.7 Å². The fourth-order valence-electron chi connectivity index (χ4n) is 2.33. The van der Waals surface area contributed by atoms with Gasteiger partial charge >= 0.3 is 0 Å². The maximum atomic E-state index is 12.4. The topological polar surface area (TPSA) is 72.9 Å². The minimum Gasteiger partial charge on any atom is -0.395 e. The summed E-state index contributed by atoms with van der Waals surface area (Å²) in [4.78, 5) is 12.4. The van der Waals surface area contributed by atoms with Crippen LogP contribution in [0.15, 0.2) is 24.3 Å². The second kappa shape index (κ2) is 5.99. The molecule has 0 saturated carbocycles. The number of anilines is 1. The van der Waals surface area contributed by atoms with E-state index < -0.39 is 0 Å². The Labute approximate surface area is 125 Å². The van der Waals surface area contributed by atoms with Crippen molar-refractivity contribution in [3.8, 4) is 0 Å². The van der Waals surface area contributed by atoms with Crippen LogP contribution in [0.1, 0.15) is 47.2 Å². The van der Waals surface area contributed by atoms with Gasteiger partial charge in [0, 0.05) is 7.05 Å². The van der Waals surface area contributed by atoms with Gasteiger partial charge in [-0.1, -0.05) is 36.8 Å². The van der Waals surface area contributed by atoms with Crippen molar-refractivity contribution in [2.24, 2.45) is 7.05 Å². The quantitative estimate of drug-likeness (QED) is 0.906. The Morgan fingerprint density at radius 2 is 2.00 bits per heavy atom. The Bertz CT molecular complexity index is 643. The molecule has 0 saturated heterocycles. The van der Waals surface area contributed by atoms with Crippen LogP contribution < -0.4 is 11.1 Å². The molecule has 2 rings (SSSR count). The van der Waals surface area contributed by atoms with Gasteiger partial charge in [-0.15, -0.1) is 0 Å². The number of aromatic nitrogens is 2. The van der Waals surface area contributed by atoms with Crippen LogP contribution in [0, 0.1) is 6.92 Å². The largest absolute Gasteiger partial charge is 0.395 e. The van der Waals surface area contributed by atoms with Crippen LogP contribution >= 0.6 is 0 Å². The highest BCUT2D eigenvalue weighted by Crippen LogP contribution is 2.19. The van der Waals surface area contributed by atoms with Gasteiger partial charge in [0.05, 0.1) is 17.4 Å². The maximum Gasteiger partial charge on any atom is 0.272 e. The Morgan fingerprint density at radius 3 is 2.52 bits per heavy atom. The molecule has 5 nitrogen and oxygen atoms in total. The van der Waals surface area contributed by atoms with Crippen LogP contribution in [0.3, 0.4) is 0 Å². The first kappa shape index (κ1) is 15.1. The average molecular weight is 286 g/mol. The molecular weight excluding hydrogens is 264 g/mol. The zero-order valence-corrected chi connectivity index (χ0v) is 13.0. The van der Waals surface area contributed by atoms with Crippen LogP contribution in [0.2, 0.25) is 0 Å². The van der Waals surface area contributed by atoms with Gasteiger partial charge in [0.2, 0.25) is 0 Å². The number of benzene rings is 1. The fraction of sp³-hybridized carbons (Fsp3) is 0.375. The number of hydrogen-bond donors (Lipinski definition) is 2. The van der Waals surface area contributed by atoms with E-state index >= 15 is 0 Å². The van der Waals surface area contributed by atoms with E-state index in [9.17, 15) is 4.79 Å². The third-order valence-corrected chi connectivity index (χ3v) is 3.64. The molecule has 1 unspecified atom stereocenters. The summed E-state index contributed by atoms with van der Waals surface area (Å²) < 4.78 is 1.55. The molecule has 21 heavy (non-hydrogen) atoms. The second-order valence-electron chi connectivity index (χ2n) is 5.29. The van der Waals surface area contributed by atoms with Crippen molar-refractivity contribution >= 4 is 11.6 Å². The zero-order chi connectivity index (χ0) is 15.6. The first-order valence-corrected chi connectivity index (χ1v) is 7.12. The number of nitrogens with zero attached hydrogens (tertiary/aromatic N) is 2. The van der Waals surface area contributed by atoms with Crippen molar-refractivity contribution in [2.75, 3.05) is 5.73 Å². The van der Waals surface area contributed by atoms with Gasteiger partial charge in [-0.2, -0.15) is 5.10 Å². The van der Waals surface area contributed by atoms with E-state index in [1.807, 2.05) is 45.0 Å². The Morgan fingerprint density at radius 1 is 1.38 bits per heavy atom. The fourth-order valence-corrected chi connectivity index (χ4v) is 2.33. The van der Waals surface area contributed by atoms with E-state index in [4.69, 9.17) is 5.73 Å². The van der Waals surface area contributed by atoms with Crippen molar-refractivity contribution in [3.05, 3.63) is 46.8 Å². The third kappa shape index (κ3) is 3.07. The number of nitrogen functional groups attached to an aromatic ring is 1. The average Bonchev–Trinajstić information content (AvgIpc) is 2.73. The lowest BCUT2D eigenvalue weighted by atomic mass is 10.1. The molecule has 0 aliphatic carbocycles. The van der Waals surface area contributed by atoms with Crippen LogP contribution in [0.5, 0.6) is 0 Å². The van der Waals surface area contributed by atoms with Crippen LogP contribution in [0.4, 0.5) is 5.69 Å². The Kier molecular flexibility index (Phi) is 4.31. The zero-order valence-electron chi connectivity index (χ0n) is 13.0. The van der Waals surface area contributed by atoms with Crippen molar-refractivity contribution in [1.29, 1.82) is 0 Å². The molecule has 0 fully saturated rings. The molecule has 1 heterocycles. The smallest absolute Gasteiger partial charge is 0.272 e. The summed E-state index contributed by atoms with van der Waals surface area (Å²) in [6.45, 7) is 5.96. The van der Waals surface area contributed by atoms with Gasteiger partial charge < -0.3 is 11.1 Å². The molecule has 1 atom stereocenters. The van der Waals surface area contributed by atoms with E-state index in [-0.39, 0.29) is 11.9 Å². The minimum absolute atomic E-state index is 0.0857. The SMILES string of the molecule is CCc1nn(C)c(C(=O)NC(C)c2ccc(C)cc2)c1N. The van der Waals surface area contributed by atoms with Gasteiger partial charge in [0.1, 0.15) is 5.69 Å². The maximum absolute atomic E-state index is 12.4. The van der Waals surface area contributed by atoms with Gasteiger partial charge in [0.15, 0.2) is 0 Å². The molecule has 0 bridgehead atoms. The van der Waals surface area contributed by atoms with E-state index in [0.717, 1.165) is 11.3 Å². The molecule has 1 aromatic carbocycles. The van der Waals surface area contributed by atoms with E-state index in [0.29, 0.717) is 17.8 Å². The number of carbonyl (C=O) groups excluding carboxylic acids is 1. The minimum atomic E-state index is -0.199. The monoisotopic (exact) mass is 286 g/mol. The second-order valence-corrected chi connectivity index (χ2v) is 5.29. The van der Waals surface area contributed by atoms with Crippen molar-refractivity contribution < 1.29 is 4.79 Å². The van der Waals surface area contributed by atoms with Gasteiger partial charge in [-0.25, -0.2) is 0 Å². The van der Waals surface area contributed by atoms with Crippen LogP contribution in [-0.4, -0.2) is 15.7 Å². The molecule has 1 aromatic heterocycles. The van der Waals surface area contributed by atoms with E-state index in [2.05, 4.69) is 10.4 Å². The summed E-state index contributed by atoms with van der Waals surface area (Å²) in [6.07, 6.45) is 0.709. The van der Waals surface area contributed by atoms with Gasteiger partial charge in [0.25, 0.3) is 5.91 Å². The number of amides is 1. The van der Waals surface area contributed by atoms with Crippen LogP contribution in [-0.2, 0) is 13.5 Å². The summed E-state index contributed by atoms with van der Waals surface area (Å²) in [5.74, 6) is -0.199. The number of nitrogens with two attached hydrogens (primary N) is 1. The predicted molar refractivity (Wildman–Crippen MR) is 84.1 cm³/mol. The molecule has 5 heteroatoms. The third-order valence-electron chi connectivity index (χ3n) is 3.64. The molecule has 0 aliphatic rings. The summed E-state index contributed by atoms with van der Waals surface area (Å²) >= 11 is 0. The first-order valence-electron chi connectivity index (χ1n) is 7.12. The molecule has 0 radical (unpaired) electrons. The highest BCUT2D eigenvalue weighted by Gasteiger charge is 2.20. The number of rotatable bonds is 4. The standard InChI is InChI=1S/C16H22N4O/c1-5-13-14(17)15(20(4)19-13)16(21)18-11(3)12-8-6-10(2)7-9-12/h6-9,11H,5,17H2,1-4H3,(H,18,21). The lowest BCUT2D eigenvalue weighted by Crippen LogP contribution is -2.29. The van der Waals surface area contributed by atoms with Crippen molar-refractivity contribution in [1.82, 2.24) is 15.1 Å². The highest BCUT2D eigenvalue weighted by molar-refractivity contribution is 5.98. The number of hydrogen-bond acceptors (Lipinski definition) is 3. The van der Waals surface area contributed by atoms with Gasteiger partial charge in [-0.05, 0) is 25.8 Å². The number of carbonyl (C=O) groups is 1. The van der Waals surface area contributed by atoms with Crippen molar-refractivity contribution in [3.63, 3.8) is 0 Å². The molecule has 112 valence electrons. The summed E-state index contributed by atoms with van der Waals surface area (Å²) in [5.41, 5.74) is 9.90. The van der Waals surface area contributed by atoms with E-state index in [1.165, 1.54) is 5.56 Å². The molecule has 0 spiro atoms. The predicted octanol–water partition coefficient (Wildman–Crippen LogP) is 2.36.